The van der Waals surface area contributed by atoms with Gasteiger partial charge in [0.15, 0.2) is 0 Å². The van der Waals surface area contributed by atoms with E-state index in [-0.39, 0.29) is 11.9 Å². The van der Waals surface area contributed by atoms with Gasteiger partial charge in [0.05, 0.1) is 11.0 Å². The molecule has 1 heterocycles. The van der Waals surface area contributed by atoms with E-state index < -0.39 is 0 Å². The van der Waals surface area contributed by atoms with Gasteiger partial charge in [0.25, 0.3) is 0 Å². The molecule has 0 aliphatic heterocycles. The summed E-state index contributed by atoms with van der Waals surface area (Å²) in [6.45, 7) is 3.97. The summed E-state index contributed by atoms with van der Waals surface area (Å²) in [7, 11) is 0. The molecule has 1 saturated carbocycles. The van der Waals surface area contributed by atoms with Crippen LogP contribution in [0.4, 0.5) is 0 Å². The smallest absolute Gasteiger partial charge is 0.243 e. The molecule has 0 radical (unpaired) electrons. The minimum absolute atomic E-state index is 0.0631. The summed E-state index contributed by atoms with van der Waals surface area (Å²) in [5.74, 6) is 1.44. The van der Waals surface area contributed by atoms with E-state index in [1.165, 1.54) is 5.56 Å². The second-order valence-electron chi connectivity index (χ2n) is 5.79. The Bertz CT molecular complexity index is 675. The second kappa shape index (κ2) is 5.68. The van der Waals surface area contributed by atoms with Crippen LogP contribution in [0, 0.1) is 6.92 Å². The molecule has 3 rings (SSSR count). The van der Waals surface area contributed by atoms with Gasteiger partial charge in [-0.3, -0.25) is 4.79 Å². The number of aromatic nitrogens is 2. The number of hydrogen-bond donors (Lipinski definition) is 1. The van der Waals surface area contributed by atoms with Crippen molar-refractivity contribution in [3.8, 4) is 0 Å². The molecule has 1 N–H and O–H groups in total. The molecule has 2 aromatic rings. The van der Waals surface area contributed by atoms with Gasteiger partial charge >= 0.3 is 0 Å². The van der Waals surface area contributed by atoms with E-state index in [0.29, 0.717) is 18.3 Å². The van der Waals surface area contributed by atoms with E-state index in [1.807, 2.05) is 24.5 Å². The molecule has 0 saturated heterocycles. The quantitative estimate of drug-likeness (QED) is 0.863. The molecule has 112 valence electrons. The topological polar surface area (TPSA) is 46.9 Å². The maximum absolute atomic E-state index is 12.4. The number of benzene rings is 1. The lowest BCUT2D eigenvalue weighted by molar-refractivity contribution is -0.124. The van der Waals surface area contributed by atoms with Crippen molar-refractivity contribution in [2.75, 3.05) is 5.88 Å². The first-order valence-corrected chi connectivity index (χ1v) is 7.97. The number of hydrogen-bond acceptors (Lipinski definition) is 2. The van der Waals surface area contributed by atoms with Crippen molar-refractivity contribution in [3.63, 3.8) is 0 Å². The van der Waals surface area contributed by atoms with Crippen molar-refractivity contribution in [1.82, 2.24) is 14.9 Å². The Morgan fingerprint density at radius 3 is 2.95 bits per heavy atom. The zero-order valence-corrected chi connectivity index (χ0v) is 13.2. The van der Waals surface area contributed by atoms with Crippen LogP contribution >= 0.6 is 11.6 Å². The predicted molar refractivity (Wildman–Crippen MR) is 84.8 cm³/mol. The molecule has 0 spiro atoms. The monoisotopic (exact) mass is 305 g/mol. The SMILES string of the molecule is Cc1ccc2c(c1)nc(CCCl)n2C(C)C(=O)NC1CC1. The van der Waals surface area contributed by atoms with Crippen LogP contribution in [0.15, 0.2) is 18.2 Å². The lowest BCUT2D eigenvalue weighted by Gasteiger charge is -2.17. The fourth-order valence-electron chi connectivity index (χ4n) is 2.62. The molecular weight excluding hydrogens is 286 g/mol. The van der Waals surface area contributed by atoms with Crippen molar-refractivity contribution < 1.29 is 4.79 Å². The van der Waals surface area contributed by atoms with Crippen molar-refractivity contribution in [2.24, 2.45) is 0 Å². The molecule has 1 unspecified atom stereocenters. The molecule has 21 heavy (non-hydrogen) atoms. The lowest BCUT2D eigenvalue weighted by Crippen LogP contribution is -2.33. The van der Waals surface area contributed by atoms with E-state index in [4.69, 9.17) is 11.6 Å². The highest BCUT2D eigenvalue weighted by Gasteiger charge is 2.28. The van der Waals surface area contributed by atoms with Crippen LogP contribution in [0.1, 0.15) is 37.2 Å². The molecule has 4 nitrogen and oxygen atoms in total. The highest BCUT2D eigenvalue weighted by molar-refractivity contribution is 6.17. The summed E-state index contributed by atoms with van der Waals surface area (Å²) >= 11 is 5.89. The fraction of sp³-hybridized carbons (Fsp3) is 0.500. The number of carbonyl (C=O) groups is 1. The molecule has 1 aliphatic rings. The number of rotatable bonds is 5. The van der Waals surface area contributed by atoms with Gasteiger partial charge in [0.2, 0.25) is 5.91 Å². The summed E-state index contributed by atoms with van der Waals surface area (Å²) in [6.07, 6.45) is 2.85. The highest BCUT2D eigenvalue weighted by Crippen LogP contribution is 2.25. The Hall–Kier alpha value is -1.55. The number of imidazole rings is 1. The molecule has 1 amide bonds. The Balaban J connectivity index is 2.00. The molecule has 1 fully saturated rings. The summed E-state index contributed by atoms with van der Waals surface area (Å²) < 4.78 is 2.02. The average Bonchev–Trinajstić information content (AvgIpc) is 3.18. The number of fused-ring (bicyclic) bond motifs is 1. The van der Waals surface area contributed by atoms with Crippen molar-refractivity contribution in [1.29, 1.82) is 0 Å². The first-order valence-electron chi connectivity index (χ1n) is 7.44. The Labute approximate surface area is 129 Å². The van der Waals surface area contributed by atoms with Crippen molar-refractivity contribution in [3.05, 3.63) is 29.6 Å². The van der Waals surface area contributed by atoms with Crippen LogP contribution in [-0.4, -0.2) is 27.4 Å². The molecule has 0 bridgehead atoms. The third kappa shape index (κ3) is 2.91. The van der Waals surface area contributed by atoms with Crippen LogP contribution in [-0.2, 0) is 11.2 Å². The summed E-state index contributed by atoms with van der Waals surface area (Å²) in [4.78, 5) is 17.0. The average molecular weight is 306 g/mol. The lowest BCUT2D eigenvalue weighted by atomic mass is 10.2. The zero-order chi connectivity index (χ0) is 15.0. The Morgan fingerprint density at radius 1 is 1.52 bits per heavy atom. The maximum atomic E-state index is 12.4. The predicted octanol–water partition coefficient (Wildman–Crippen LogP) is 2.97. The van der Waals surface area contributed by atoms with Gasteiger partial charge in [-0.25, -0.2) is 4.98 Å². The van der Waals surface area contributed by atoms with Crippen molar-refractivity contribution >= 4 is 28.5 Å². The summed E-state index contributed by atoms with van der Waals surface area (Å²) in [5, 5.41) is 3.07. The minimum atomic E-state index is -0.267. The normalized spacial score (nSPS) is 16.1. The van der Waals surface area contributed by atoms with Crippen LogP contribution in [0.3, 0.4) is 0 Å². The maximum Gasteiger partial charge on any atom is 0.243 e. The van der Waals surface area contributed by atoms with Gasteiger partial charge in [0.1, 0.15) is 11.9 Å². The second-order valence-corrected chi connectivity index (χ2v) is 6.17. The van der Waals surface area contributed by atoms with E-state index in [2.05, 4.69) is 22.4 Å². The number of aryl methyl sites for hydroxylation is 2. The number of amides is 1. The Kier molecular flexibility index (Phi) is 3.89. The minimum Gasteiger partial charge on any atom is -0.352 e. The van der Waals surface area contributed by atoms with E-state index >= 15 is 0 Å². The van der Waals surface area contributed by atoms with Gasteiger partial charge in [-0.2, -0.15) is 0 Å². The molecule has 1 atom stereocenters. The first-order chi connectivity index (χ1) is 10.1. The Morgan fingerprint density at radius 2 is 2.29 bits per heavy atom. The highest BCUT2D eigenvalue weighted by atomic mass is 35.5. The zero-order valence-electron chi connectivity index (χ0n) is 12.4. The van der Waals surface area contributed by atoms with E-state index in [1.54, 1.807) is 0 Å². The van der Waals surface area contributed by atoms with Crippen LogP contribution < -0.4 is 5.32 Å². The molecule has 1 aromatic heterocycles. The molecular formula is C16H20ClN3O. The van der Waals surface area contributed by atoms with Crippen LogP contribution in [0.2, 0.25) is 0 Å². The largest absolute Gasteiger partial charge is 0.352 e. The number of halogens is 1. The molecule has 1 aromatic carbocycles. The third-order valence-electron chi connectivity index (χ3n) is 3.93. The molecule has 5 heteroatoms. The summed E-state index contributed by atoms with van der Waals surface area (Å²) in [5.41, 5.74) is 3.10. The fourth-order valence-corrected chi connectivity index (χ4v) is 2.79. The number of nitrogens with zero attached hydrogens (tertiary/aromatic N) is 2. The van der Waals surface area contributed by atoms with E-state index in [0.717, 1.165) is 29.7 Å². The summed E-state index contributed by atoms with van der Waals surface area (Å²) in [6, 6.07) is 6.24. The number of carbonyl (C=O) groups excluding carboxylic acids is 1. The van der Waals surface area contributed by atoms with Gasteiger partial charge in [-0.1, -0.05) is 6.07 Å². The third-order valence-corrected chi connectivity index (χ3v) is 4.12. The van der Waals surface area contributed by atoms with Gasteiger partial charge in [0, 0.05) is 18.3 Å². The molecule has 1 aliphatic carbocycles. The first kappa shape index (κ1) is 14.4. The van der Waals surface area contributed by atoms with Crippen molar-refractivity contribution in [2.45, 2.75) is 45.2 Å². The number of nitrogens with one attached hydrogen (secondary N) is 1. The van der Waals surface area contributed by atoms with Gasteiger partial charge in [-0.05, 0) is 44.4 Å². The van der Waals surface area contributed by atoms with Gasteiger partial charge in [-0.15, -0.1) is 11.6 Å². The van der Waals surface area contributed by atoms with Crippen LogP contribution in [0.25, 0.3) is 11.0 Å². The standard InChI is InChI=1S/C16H20ClN3O/c1-10-3-6-14-13(9-10)19-15(7-8-17)20(14)11(2)16(21)18-12-4-5-12/h3,6,9,11-12H,4-5,7-8H2,1-2H3,(H,18,21). The van der Waals surface area contributed by atoms with Gasteiger partial charge < -0.3 is 9.88 Å². The number of alkyl halides is 1. The van der Waals surface area contributed by atoms with Crippen LogP contribution in [0.5, 0.6) is 0 Å². The van der Waals surface area contributed by atoms with E-state index in [9.17, 15) is 4.79 Å².